The fourth-order valence-electron chi connectivity index (χ4n) is 4.61. The molecule has 0 bridgehead atoms. The first kappa shape index (κ1) is 22.8. The van der Waals surface area contributed by atoms with E-state index in [9.17, 15) is 13.2 Å². The van der Waals surface area contributed by atoms with Crippen molar-refractivity contribution in [3.63, 3.8) is 0 Å². The summed E-state index contributed by atoms with van der Waals surface area (Å²) >= 11 is 0. The number of carbonyl (C=O) groups excluding carboxylic acids is 1. The van der Waals surface area contributed by atoms with E-state index in [1.807, 2.05) is 32.0 Å². The summed E-state index contributed by atoms with van der Waals surface area (Å²) in [5.74, 6) is 0.710. The van der Waals surface area contributed by atoms with Gasteiger partial charge in [-0.05, 0) is 49.9 Å². The van der Waals surface area contributed by atoms with Crippen LogP contribution in [-0.2, 0) is 10.0 Å². The van der Waals surface area contributed by atoms with Crippen LogP contribution in [0.4, 0.5) is 0 Å². The highest BCUT2D eigenvalue weighted by molar-refractivity contribution is 7.89. The molecule has 0 saturated carbocycles. The Kier molecular flexibility index (Phi) is 6.86. The van der Waals surface area contributed by atoms with Crippen LogP contribution in [0.2, 0.25) is 0 Å². The minimum Gasteiger partial charge on any atom is -0.490 e. The molecule has 0 spiro atoms. The number of ether oxygens (including phenoxy) is 1. The maximum absolute atomic E-state index is 13.3. The number of benzene rings is 2. The molecule has 2 heterocycles. The topological polar surface area (TPSA) is 66.9 Å². The van der Waals surface area contributed by atoms with Gasteiger partial charge in [-0.25, -0.2) is 8.42 Å². The van der Waals surface area contributed by atoms with E-state index < -0.39 is 10.0 Å². The van der Waals surface area contributed by atoms with Gasteiger partial charge < -0.3 is 9.64 Å². The molecule has 2 aliphatic rings. The average molecular weight is 457 g/mol. The zero-order valence-corrected chi connectivity index (χ0v) is 19.7. The van der Waals surface area contributed by atoms with Crippen molar-refractivity contribution in [3.05, 3.63) is 59.2 Å². The predicted octanol–water partition coefficient (Wildman–Crippen LogP) is 4.16. The predicted molar refractivity (Wildman–Crippen MR) is 125 cm³/mol. The maximum Gasteiger partial charge on any atom is 0.255 e. The molecule has 0 unspecified atom stereocenters. The zero-order chi connectivity index (χ0) is 22.7. The van der Waals surface area contributed by atoms with E-state index in [1.54, 1.807) is 29.2 Å². The van der Waals surface area contributed by atoms with E-state index in [1.165, 1.54) is 4.31 Å². The molecule has 0 radical (unpaired) electrons. The number of piperidine rings is 2. The van der Waals surface area contributed by atoms with Gasteiger partial charge >= 0.3 is 0 Å². The van der Waals surface area contributed by atoms with Gasteiger partial charge in [-0.2, -0.15) is 4.31 Å². The highest BCUT2D eigenvalue weighted by Crippen LogP contribution is 2.28. The van der Waals surface area contributed by atoms with Crippen LogP contribution in [-0.4, -0.2) is 55.8 Å². The smallest absolute Gasteiger partial charge is 0.255 e. The molecule has 1 amide bonds. The summed E-state index contributed by atoms with van der Waals surface area (Å²) in [7, 11) is -3.68. The van der Waals surface area contributed by atoms with Gasteiger partial charge in [0.1, 0.15) is 11.9 Å². The first-order chi connectivity index (χ1) is 15.4. The van der Waals surface area contributed by atoms with Crippen LogP contribution in [0.3, 0.4) is 0 Å². The van der Waals surface area contributed by atoms with E-state index in [4.69, 9.17) is 4.74 Å². The lowest BCUT2D eigenvalue weighted by molar-refractivity contribution is 0.0589. The molecule has 172 valence electrons. The minimum absolute atomic E-state index is 0.0474. The molecule has 0 N–H and O–H groups in total. The number of amides is 1. The number of para-hydroxylation sites is 1. The summed E-state index contributed by atoms with van der Waals surface area (Å²) in [5.41, 5.74) is 2.49. The number of sulfonamides is 1. The Bertz CT molecular complexity index is 1050. The second-order valence-corrected chi connectivity index (χ2v) is 10.7. The summed E-state index contributed by atoms with van der Waals surface area (Å²) in [6, 6.07) is 12.7. The average Bonchev–Trinajstić information content (AvgIpc) is 2.82. The van der Waals surface area contributed by atoms with Crippen LogP contribution >= 0.6 is 0 Å². The summed E-state index contributed by atoms with van der Waals surface area (Å²) in [6.07, 6.45) is 4.27. The van der Waals surface area contributed by atoms with E-state index in [-0.39, 0.29) is 22.5 Å². The summed E-state index contributed by atoms with van der Waals surface area (Å²) in [5, 5.41) is 0. The number of hydrogen-bond acceptors (Lipinski definition) is 4. The molecule has 0 aromatic heterocycles. The molecule has 0 atom stereocenters. The Balaban J connectivity index is 1.46. The molecule has 7 heteroatoms. The quantitative estimate of drug-likeness (QED) is 0.678. The number of rotatable bonds is 5. The molecule has 0 aliphatic carbocycles. The minimum atomic E-state index is -3.68. The van der Waals surface area contributed by atoms with Gasteiger partial charge in [0.05, 0.1) is 10.5 Å². The Morgan fingerprint density at radius 3 is 2.16 bits per heavy atom. The van der Waals surface area contributed by atoms with Gasteiger partial charge in [0, 0.05) is 39.0 Å². The van der Waals surface area contributed by atoms with Gasteiger partial charge in [-0.1, -0.05) is 36.8 Å². The Morgan fingerprint density at radius 1 is 0.875 bits per heavy atom. The SMILES string of the molecule is Cc1cccc(C)c1OC1CCN(C(=O)c2ccccc2S(=O)(=O)N2CCCCC2)CC1. The van der Waals surface area contributed by atoms with Crippen LogP contribution < -0.4 is 4.74 Å². The molecular weight excluding hydrogens is 424 g/mol. The van der Waals surface area contributed by atoms with Crippen molar-refractivity contribution in [2.75, 3.05) is 26.2 Å². The van der Waals surface area contributed by atoms with Gasteiger partial charge in [0.15, 0.2) is 0 Å². The van der Waals surface area contributed by atoms with Gasteiger partial charge in [0.2, 0.25) is 10.0 Å². The van der Waals surface area contributed by atoms with Gasteiger partial charge in [-0.15, -0.1) is 0 Å². The van der Waals surface area contributed by atoms with Crippen molar-refractivity contribution in [3.8, 4) is 5.75 Å². The van der Waals surface area contributed by atoms with Crippen molar-refractivity contribution >= 4 is 15.9 Å². The van der Waals surface area contributed by atoms with E-state index in [0.29, 0.717) is 26.2 Å². The van der Waals surface area contributed by atoms with Crippen LogP contribution in [0.15, 0.2) is 47.4 Å². The molecule has 4 rings (SSSR count). The number of aryl methyl sites for hydroxylation is 2. The fraction of sp³-hybridized carbons (Fsp3) is 0.480. The van der Waals surface area contributed by atoms with Crippen molar-refractivity contribution in [1.29, 1.82) is 0 Å². The number of carbonyl (C=O) groups is 1. The molecule has 2 aliphatic heterocycles. The molecule has 6 nitrogen and oxygen atoms in total. The Morgan fingerprint density at radius 2 is 1.50 bits per heavy atom. The number of likely N-dealkylation sites (tertiary alicyclic amines) is 1. The molecule has 2 aromatic rings. The molecule has 2 aromatic carbocycles. The third-order valence-electron chi connectivity index (χ3n) is 6.47. The fourth-order valence-corrected chi connectivity index (χ4v) is 6.31. The third kappa shape index (κ3) is 4.69. The first-order valence-corrected chi connectivity index (χ1v) is 12.9. The van der Waals surface area contributed by atoms with E-state index >= 15 is 0 Å². The number of hydrogen-bond donors (Lipinski definition) is 0. The summed E-state index contributed by atoms with van der Waals surface area (Å²) in [4.78, 5) is 15.2. The van der Waals surface area contributed by atoms with Crippen molar-refractivity contribution in [2.45, 2.75) is 57.0 Å². The lowest BCUT2D eigenvalue weighted by Gasteiger charge is -2.33. The normalized spacial score (nSPS) is 18.5. The molecule has 2 fully saturated rings. The van der Waals surface area contributed by atoms with Crippen LogP contribution in [0.1, 0.15) is 53.6 Å². The number of nitrogens with zero attached hydrogens (tertiary/aromatic N) is 2. The Hall–Kier alpha value is -2.38. The molecular formula is C25H32N2O4S. The molecule has 32 heavy (non-hydrogen) atoms. The summed E-state index contributed by atoms with van der Waals surface area (Å²) < 4.78 is 34.3. The second-order valence-electron chi connectivity index (χ2n) is 8.79. The largest absolute Gasteiger partial charge is 0.490 e. The standard InChI is InChI=1S/C25H32N2O4S/c1-19-9-8-10-20(2)24(19)31-21-13-17-26(18-14-21)25(28)22-11-4-5-12-23(22)32(29,30)27-15-6-3-7-16-27/h4-5,8-12,21H,3,6-7,13-18H2,1-2H3. The lowest BCUT2D eigenvalue weighted by atomic mass is 10.1. The van der Waals surface area contributed by atoms with E-state index in [2.05, 4.69) is 0 Å². The van der Waals surface area contributed by atoms with Gasteiger partial charge in [-0.3, -0.25) is 4.79 Å². The van der Waals surface area contributed by atoms with Crippen molar-refractivity contribution in [2.24, 2.45) is 0 Å². The maximum atomic E-state index is 13.3. The first-order valence-electron chi connectivity index (χ1n) is 11.5. The summed E-state index contributed by atoms with van der Waals surface area (Å²) in [6.45, 7) is 6.22. The van der Waals surface area contributed by atoms with Crippen LogP contribution in [0.25, 0.3) is 0 Å². The zero-order valence-electron chi connectivity index (χ0n) is 18.9. The highest BCUT2D eigenvalue weighted by Gasteiger charge is 2.32. The Labute approximate surface area is 191 Å². The van der Waals surface area contributed by atoms with Crippen LogP contribution in [0.5, 0.6) is 5.75 Å². The van der Waals surface area contributed by atoms with Crippen LogP contribution in [0, 0.1) is 13.8 Å². The molecule has 2 saturated heterocycles. The third-order valence-corrected chi connectivity index (χ3v) is 8.43. The van der Waals surface area contributed by atoms with E-state index in [0.717, 1.165) is 49.0 Å². The monoisotopic (exact) mass is 456 g/mol. The highest BCUT2D eigenvalue weighted by atomic mass is 32.2. The van der Waals surface area contributed by atoms with Gasteiger partial charge in [0.25, 0.3) is 5.91 Å². The van der Waals surface area contributed by atoms with Crippen molar-refractivity contribution < 1.29 is 17.9 Å². The second kappa shape index (κ2) is 9.63. The van der Waals surface area contributed by atoms with Crippen molar-refractivity contribution in [1.82, 2.24) is 9.21 Å². The lowest BCUT2D eigenvalue weighted by Crippen LogP contribution is -2.43.